The van der Waals surface area contributed by atoms with Crippen LogP contribution < -0.4 is 10.6 Å². The number of oxazole rings is 1. The highest BCUT2D eigenvalue weighted by Crippen LogP contribution is 2.27. The van der Waals surface area contributed by atoms with Gasteiger partial charge >= 0.3 is 12.1 Å². The van der Waals surface area contributed by atoms with Crippen LogP contribution in [0.3, 0.4) is 0 Å². The molecule has 1 aliphatic rings. The number of hydrogen-bond donors (Lipinski definition) is 3. The van der Waals surface area contributed by atoms with Crippen molar-refractivity contribution in [2.45, 2.75) is 56.8 Å². The van der Waals surface area contributed by atoms with Gasteiger partial charge in [-0.15, -0.1) is 11.3 Å². The molecule has 0 radical (unpaired) electrons. The van der Waals surface area contributed by atoms with Crippen molar-refractivity contribution in [3.8, 4) is 0 Å². The van der Waals surface area contributed by atoms with Gasteiger partial charge in [-0.25, -0.2) is 13.2 Å². The van der Waals surface area contributed by atoms with Gasteiger partial charge in [0.15, 0.2) is 5.58 Å². The number of piperidine rings is 1. The molecule has 13 nitrogen and oxygen atoms in total. The molecule has 2 aromatic heterocycles. The van der Waals surface area contributed by atoms with E-state index in [2.05, 4.69) is 25.5 Å². The number of nitrogens with one attached hydrogen (secondary N) is 2. The second kappa shape index (κ2) is 16.0. The fourth-order valence-corrected chi connectivity index (χ4v) is 7.70. The van der Waals surface area contributed by atoms with E-state index in [1.807, 2.05) is 51.2 Å². The normalized spacial score (nSPS) is 15.9. The summed E-state index contributed by atoms with van der Waals surface area (Å²) in [7, 11) is -2.13. The smallest absolute Gasteiger partial charge is 0.407 e. The summed E-state index contributed by atoms with van der Waals surface area (Å²) in [6, 6.07) is 12.8. The number of anilines is 1. The molecule has 0 saturated carbocycles. The maximum Gasteiger partial charge on any atom is 0.407 e. The molecule has 2 atom stereocenters. The number of likely N-dealkylation sites (tertiary alicyclic amines) is 1. The highest BCUT2D eigenvalue weighted by molar-refractivity contribution is 7.89. The SMILES string of the molecule is CC(C)CN(CC(O)C(Cc1ccccc1)NC(=O)OCc1cncs1)S(=O)(=O)c1ccc2nc(NC(=O)C3CCN(C)CC3)oc2c1. The van der Waals surface area contributed by atoms with E-state index in [4.69, 9.17) is 9.15 Å². The Balaban J connectivity index is 1.32. The van der Waals surface area contributed by atoms with Crippen molar-refractivity contribution in [1.82, 2.24) is 24.5 Å². The first-order chi connectivity index (χ1) is 23.0. The number of carbonyl (C=O) groups is 2. The first kappa shape index (κ1) is 35.4. The van der Waals surface area contributed by atoms with Crippen LogP contribution >= 0.6 is 11.3 Å². The standard InChI is InChI=1S/C33H42N6O7S2/c1-22(2)18-39(19-29(40)28(15-23-7-5-4-6-8-23)36-33(42)45-20-25-17-34-21-47-25)48(43,44)26-9-10-27-30(16-26)46-32(35-27)37-31(41)24-11-13-38(3)14-12-24/h4-10,16-17,21-22,24,28-29,40H,11-15,18-20H2,1-3H3,(H,36,42)(H,35,37,41). The number of aromatic nitrogens is 2. The van der Waals surface area contributed by atoms with E-state index >= 15 is 0 Å². The molecule has 0 bridgehead atoms. The maximum atomic E-state index is 14.1. The number of alkyl carbamates (subject to hydrolysis) is 1. The van der Waals surface area contributed by atoms with Crippen molar-refractivity contribution in [3.63, 3.8) is 0 Å². The van der Waals surface area contributed by atoms with E-state index in [9.17, 15) is 23.1 Å². The third-order valence-corrected chi connectivity index (χ3v) is 10.8. The zero-order valence-corrected chi connectivity index (χ0v) is 28.9. The molecule has 258 valence electrons. The summed E-state index contributed by atoms with van der Waals surface area (Å²) in [5.74, 6) is -0.401. The van der Waals surface area contributed by atoms with Gasteiger partial charge in [-0.3, -0.25) is 15.1 Å². The summed E-state index contributed by atoms with van der Waals surface area (Å²) in [4.78, 5) is 36.8. The van der Waals surface area contributed by atoms with Crippen molar-refractivity contribution in [2.75, 3.05) is 38.5 Å². The van der Waals surface area contributed by atoms with Crippen molar-refractivity contribution in [3.05, 3.63) is 70.7 Å². The summed E-state index contributed by atoms with van der Waals surface area (Å²) in [6.45, 7) is 5.25. The molecule has 48 heavy (non-hydrogen) atoms. The minimum atomic E-state index is -4.15. The van der Waals surface area contributed by atoms with Crippen LogP contribution in [0.4, 0.5) is 10.8 Å². The zero-order chi connectivity index (χ0) is 34.3. The number of thiazole rings is 1. The molecule has 1 saturated heterocycles. The summed E-state index contributed by atoms with van der Waals surface area (Å²) >= 11 is 1.35. The molecule has 0 aliphatic carbocycles. The molecule has 2 unspecified atom stereocenters. The van der Waals surface area contributed by atoms with Crippen molar-refractivity contribution < 1.29 is 32.3 Å². The van der Waals surface area contributed by atoms with Crippen LogP contribution in [0.5, 0.6) is 0 Å². The highest BCUT2D eigenvalue weighted by atomic mass is 32.2. The molecular formula is C33H42N6O7S2. The average molecular weight is 699 g/mol. The highest BCUT2D eigenvalue weighted by Gasteiger charge is 2.32. The average Bonchev–Trinajstić information content (AvgIpc) is 3.73. The van der Waals surface area contributed by atoms with Crippen LogP contribution in [-0.4, -0.2) is 90.1 Å². The van der Waals surface area contributed by atoms with E-state index in [1.54, 1.807) is 11.7 Å². The second-order valence-corrected chi connectivity index (χ2v) is 15.4. The lowest BCUT2D eigenvalue weighted by molar-refractivity contribution is -0.121. The number of benzene rings is 2. The Kier molecular flexibility index (Phi) is 11.8. The molecule has 1 fully saturated rings. The number of hydrogen-bond acceptors (Lipinski definition) is 11. The molecule has 1 aliphatic heterocycles. The third-order valence-electron chi connectivity index (χ3n) is 8.17. The number of aliphatic hydroxyl groups is 1. The number of carbonyl (C=O) groups excluding carboxylic acids is 2. The van der Waals surface area contributed by atoms with Gasteiger partial charge in [0.1, 0.15) is 12.1 Å². The van der Waals surface area contributed by atoms with Gasteiger partial charge in [0.05, 0.1) is 27.4 Å². The van der Waals surface area contributed by atoms with Crippen LogP contribution in [0.15, 0.2) is 69.6 Å². The van der Waals surface area contributed by atoms with E-state index < -0.39 is 28.3 Å². The van der Waals surface area contributed by atoms with Gasteiger partial charge < -0.3 is 24.5 Å². The molecule has 15 heteroatoms. The van der Waals surface area contributed by atoms with Gasteiger partial charge in [-0.05, 0) is 63.0 Å². The number of nitrogens with zero attached hydrogens (tertiary/aromatic N) is 4. The van der Waals surface area contributed by atoms with E-state index in [0.717, 1.165) is 36.4 Å². The summed E-state index contributed by atoms with van der Waals surface area (Å²) in [6.07, 6.45) is 1.29. The van der Waals surface area contributed by atoms with Gasteiger partial charge in [0.25, 0.3) is 0 Å². The largest absolute Gasteiger partial charge is 0.444 e. The molecule has 4 aromatic rings. The molecule has 0 spiro atoms. The Bertz CT molecular complexity index is 1760. The minimum Gasteiger partial charge on any atom is -0.444 e. The fraction of sp³-hybridized carbons (Fsp3) is 0.455. The van der Waals surface area contributed by atoms with Crippen molar-refractivity contribution in [2.24, 2.45) is 11.8 Å². The quantitative estimate of drug-likeness (QED) is 0.174. The topological polar surface area (TPSA) is 167 Å². The van der Waals surface area contributed by atoms with Gasteiger partial charge in [-0.1, -0.05) is 44.2 Å². The van der Waals surface area contributed by atoms with Crippen molar-refractivity contribution >= 4 is 50.5 Å². The Morgan fingerprint density at radius 3 is 2.58 bits per heavy atom. The lowest BCUT2D eigenvalue weighted by atomic mass is 9.96. The first-order valence-electron chi connectivity index (χ1n) is 15.9. The molecule has 2 aromatic carbocycles. The van der Waals surface area contributed by atoms with E-state index in [-0.39, 0.29) is 60.4 Å². The molecule has 3 heterocycles. The Morgan fingerprint density at radius 2 is 1.90 bits per heavy atom. The number of fused-ring (bicyclic) bond motifs is 1. The molecule has 5 rings (SSSR count). The van der Waals surface area contributed by atoms with Crippen LogP contribution in [-0.2, 0) is 32.6 Å². The second-order valence-electron chi connectivity index (χ2n) is 12.5. The lowest BCUT2D eigenvalue weighted by Crippen LogP contribution is -2.51. The zero-order valence-electron chi connectivity index (χ0n) is 27.2. The summed E-state index contributed by atoms with van der Waals surface area (Å²) < 4.78 is 40.5. The number of aliphatic hydroxyl groups excluding tert-OH is 1. The van der Waals surface area contributed by atoms with Gasteiger partial charge in [-0.2, -0.15) is 9.29 Å². The number of sulfonamides is 1. The Hall–Kier alpha value is -3.89. The number of amides is 2. The lowest BCUT2D eigenvalue weighted by Gasteiger charge is -2.30. The van der Waals surface area contributed by atoms with Crippen molar-refractivity contribution in [1.29, 1.82) is 0 Å². The number of rotatable bonds is 14. The minimum absolute atomic E-state index is 0.00925. The van der Waals surface area contributed by atoms with E-state index in [1.165, 1.54) is 33.8 Å². The van der Waals surface area contributed by atoms with Crippen LogP contribution in [0.1, 0.15) is 37.1 Å². The predicted octanol–water partition coefficient (Wildman–Crippen LogP) is 4.11. The van der Waals surface area contributed by atoms with Crippen LogP contribution in [0.25, 0.3) is 11.1 Å². The van der Waals surface area contributed by atoms with Crippen LogP contribution in [0.2, 0.25) is 0 Å². The summed E-state index contributed by atoms with van der Waals surface area (Å²) in [5.41, 5.74) is 3.08. The number of ether oxygens (including phenoxy) is 1. The van der Waals surface area contributed by atoms with Crippen LogP contribution in [0, 0.1) is 11.8 Å². The fourth-order valence-electron chi connectivity index (χ4n) is 5.55. The van der Waals surface area contributed by atoms with E-state index in [0.29, 0.717) is 5.52 Å². The van der Waals surface area contributed by atoms with Gasteiger partial charge in [0, 0.05) is 31.3 Å². The van der Waals surface area contributed by atoms with Gasteiger partial charge in [0.2, 0.25) is 15.9 Å². The third kappa shape index (κ3) is 9.38. The first-order valence-corrected chi connectivity index (χ1v) is 18.2. The molecule has 3 N–H and O–H groups in total. The predicted molar refractivity (Wildman–Crippen MR) is 182 cm³/mol. The Labute approximate surface area is 284 Å². The molecular weight excluding hydrogens is 657 g/mol. The summed E-state index contributed by atoms with van der Waals surface area (Å²) in [5, 5.41) is 17.0. The Morgan fingerprint density at radius 1 is 1.15 bits per heavy atom. The monoisotopic (exact) mass is 698 g/mol. The molecule has 2 amide bonds. The maximum absolute atomic E-state index is 14.1.